The summed E-state index contributed by atoms with van der Waals surface area (Å²) in [6.45, 7) is 13.6. The quantitative estimate of drug-likeness (QED) is 0.779. The lowest BCUT2D eigenvalue weighted by Crippen LogP contribution is -2.58. The lowest BCUT2D eigenvalue weighted by Gasteiger charge is -2.46. The molecule has 3 saturated heterocycles. The minimum atomic E-state index is 0.668. The third-order valence-electron chi connectivity index (χ3n) is 5.21. The fourth-order valence-electron chi connectivity index (χ4n) is 4.09. The minimum Gasteiger partial charge on any atom is -0.381 e. The summed E-state index contributed by atoms with van der Waals surface area (Å²) in [6, 6.07) is 1.34. The zero-order chi connectivity index (χ0) is 13.9. The van der Waals surface area contributed by atoms with Gasteiger partial charge in [0.2, 0.25) is 0 Å². The molecule has 3 fully saturated rings. The van der Waals surface area contributed by atoms with Crippen molar-refractivity contribution in [2.75, 3.05) is 52.6 Å². The summed E-state index contributed by atoms with van der Waals surface area (Å²) in [6.07, 6.45) is 2.50. The molecule has 3 aliphatic heterocycles. The van der Waals surface area contributed by atoms with Gasteiger partial charge in [0.15, 0.2) is 0 Å². The number of hydrogen-bond donors (Lipinski definition) is 0. The highest BCUT2D eigenvalue weighted by molar-refractivity contribution is 4.87. The monoisotopic (exact) mass is 282 g/mol. The van der Waals surface area contributed by atoms with Gasteiger partial charge in [0.1, 0.15) is 0 Å². The van der Waals surface area contributed by atoms with E-state index in [4.69, 9.17) is 9.47 Å². The molecule has 4 heteroatoms. The molecule has 116 valence electrons. The predicted molar refractivity (Wildman–Crippen MR) is 79.9 cm³/mol. The van der Waals surface area contributed by atoms with Crippen LogP contribution in [0.1, 0.15) is 26.7 Å². The van der Waals surface area contributed by atoms with Crippen molar-refractivity contribution < 1.29 is 9.47 Å². The van der Waals surface area contributed by atoms with E-state index < -0.39 is 0 Å². The summed E-state index contributed by atoms with van der Waals surface area (Å²) in [5.74, 6) is 1.53. The summed E-state index contributed by atoms with van der Waals surface area (Å²) in [5.41, 5.74) is 0. The third-order valence-corrected chi connectivity index (χ3v) is 5.21. The smallest absolute Gasteiger partial charge is 0.0507 e. The van der Waals surface area contributed by atoms with Crippen molar-refractivity contribution in [3.8, 4) is 0 Å². The molecule has 0 aromatic carbocycles. The van der Waals surface area contributed by atoms with E-state index in [0.717, 1.165) is 38.3 Å². The first kappa shape index (κ1) is 14.8. The van der Waals surface area contributed by atoms with Crippen LogP contribution in [0.5, 0.6) is 0 Å². The van der Waals surface area contributed by atoms with Gasteiger partial charge in [0.25, 0.3) is 0 Å². The second-order valence-electron chi connectivity index (χ2n) is 7.07. The molecule has 20 heavy (non-hydrogen) atoms. The van der Waals surface area contributed by atoms with Crippen molar-refractivity contribution in [2.24, 2.45) is 11.8 Å². The molecule has 3 aliphatic rings. The largest absolute Gasteiger partial charge is 0.381 e. The Kier molecular flexibility index (Phi) is 4.97. The third kappa shape index (κ3) is 3.53. The van der Waals surface area contributed by atoms with Crippen molar-refractivity contribution >= 4 is 0 Å². The predicted octanol–water partition coefficient (Wildman–Crippen LogP) is 1.45. The van der Waals surface area contributed by atoms with E-state index in [1.807, 2.05) is 0 Å². The van der Waals surface area contributed by atoms with E-state index in [9.17, 15) is 0 Å². The van der Waals surface area contributed by atoms with Crippen molar-refractivity contribution in [3.05, 3.63) is 0 Å². The molecule has 0 aromatic heterocycles. The van der Waals surface area contributed by atoms with Crippen molar-refractivity contribution in [2.45, 2.75) is 38.8 Å². The average molecular weight is 282 g/mol. The molecule has 0 saturated carbocycles. The fourth-order valence-corrected chi connectivity index (χ4v) is 4.09. The maximum absolute atomic E-state index is 5.53. The highest BCUT2D eigenvalue weighted by Gasteiger charge is 2.33. The normalized spacial score (nSPS) is 40.5. The second-order valence-corrected chi connectivity index (χ2v) is 7.07. The number of nitrogens with zero attached hydrogens (tertiary/aromatic N) is 2. The topological polar surface area (TPSA) is 24.9 Å². The maximum Gasteiger partial charge on any atom is 0.0507 e. The molecular weight excluding hydrogens is 252 g/mol. The van der Waals surface area contributed by atoms with E-state index in [1.54, 1.807) is 0 Å². The molecular formula is C16H30N2O2. The van der Waals surface area contributed by atoms with Gasteiger partial charge in [-0.05, 0) is 38.5 Å². The Labute approximate surface area is 123 Å². The number of piperazine rings is 1. The van der Waals surface area contributed by atoms with Crippen LogP contribution in [0.4, 0.5) is 0 Å². The van der Waals surface area contributed by atoms with Crippen LogP contribution in [-0.4, -0.2) is 74.5 Å². The zero-order valence-electron chi connectivity index (χ0n) is 13.1. The van der Waals surface area contributed by atoms with Crippen molar-refractivity contribution in [1.82, 2.24) is 9.80 Å². The van der Waals surface area contributed by atoms with E-state index >= 15 is 0 Å². The molecule has 0 aromatic rings. The standard InChI is InChI=1S/C16H30N2O2/c1-13-7-17(9-15-3-5-19-11-15)8-14(2)18(13)10-16-4-6-20-12-16/h13-16H,3-12H2,1-2H3/t13-,14-,15+,16-/m1/s1. The van der Waals surface area contributed by atoms with Gasteiger partial charge in [0, 0.05) is 51.5 Å². The Balaban J connectivity index is 1.49. The molecule has 0 amide bonds. The number of hydrogen-bond acceptors (Lipinski definition) is 4. The molecule has 4 nitrogen and oxygen atoms in total. The second kappa shape index (κ2) is 6.73. The number of ether oxygens (including phenoxy) is 2. The van der Waals surface area contributed by atoms with Gasteiger partial charge >= 0.3 is 0 Å². The van der Waals surface area contributed by atoms with Crippen LogP contribution >= 0.6 is 0 Å². The highest BCUT2D eigenvalue weighted by Crippen LogP contribution is 2.23. The first-order chi connectivity index (χ1) is 9.72. The molecule has 0 N–H and O–H groups in total. The minimum absolute atomic E-state index is 0.668. The van der Waals surface area contributed by atoms with Gasteiger partial charge in [-0.3, -0.25) is 9.80 Å². The van der Waals surface area contributed by atoms with Crippen molar-refractivity contribution in [3.63, 3.8) is 0 Å². The molecule has 3 heterocycles. The molecule has 0 radical (unpaired) electrons. The van der Waals surface area contributed by atoms with E-state index in [-0.39, 0.29) is 0 Å². The summed E-state index contributed by atoms with van der Waals surface area (Å²) >= 11 is 0. The Morgan fingerprint density at radius 2 is 1.40 bits per heavy atom. The average Bonchev–Trinajstić information content (AvgIpc) is 3.06. The Bertz CT molecular complexity index is 289. The summed E-state index contributed by atoms with van der Waals surface area (Å²) < 4.78 is 11.0. The first-order valence-corrected chi connectivity index (χ1v) is 8.36. The van der Waals surface area contributed by atoms with Gasteiger partial charge in [-0.2, -0.15) is 0 Å². The number of rotatable bonds is 4. The highest BCUT2D eigenvalue weighted by atomic mass is 16.5. The fraction of sp³-hybridized carbons (Fsp3) is 1.00. The van der Waals surface area contributed by atoms with Crippen LogP contribution in [0.2, 0.25) is 0 Å². The Hall–Kier alpha value is -0.160. The Morgan fingerprint density at radius 3 is 1.90 bits per heavy atom. The van der Waals surface area contributed by atoms with Gasteiger partial charge in [-0.1, -0.05) is 0 Å². The van der Waals surface area contributed by atoms with Crippen LogP contribution in [0.15, 0.2) is 0 Å². The molecule has 0 spiro atoms. The Morgan fingerprint density at radius 1 is 0.850 bits per heavy atom. The van der Waals surface area contributed by atoms with Crippen LogP contribution in [0, 0.1) is 11.8 Å². The molecule has 0 bridgehead atoms. The van der Waals surface area contributed by atoms with E-state index in [1.165, 1.54) is 39.0 Å². The van der Waals surface area contributed by atoms with E-state index in [0.29, 0.717) is 12.1 Å². The van der Waals surface area contributed by atoms with Gasteiger partial charge in [0.05, 0.1) is 13.2 Å². The van der Waals surface area contributed by atoms with Crippen LogP contribution in [0.25, 0.3) is 0 Å². The van der Waals surface area contributed by atoms with Crippen LogP contribution in [0.3, 0.4) is 0 Å². The van der Waals surface area contributed by atoms with Gasteiger partial charge in [-0.25, -0.2) is 0 Å². The van der Waals surface area contributed by atoms with Gasteiger partial charge < -0.3 is 9.47 Å². The first-order valence-electron chi connectivity index (χ1n) is 8.36. The summed E-state index contributed by atoms with van der Waals surface area (Å²) in [7, 11) is 0. The molecule has 0 aliphatic carbocycles. The maximum atomic E-state index is 5.53. The van der Waals surface area contributed by atoms with Crippen molar-refractivity contribution in [1.29, 1.82) is 0 Å². The van der Waals surface area contributed by atoms with E-state index in [2.05, 4.69) is 23.6 Å². The molecule has 0 unspecified atom stereocenters. The molecule has 3 rings (SSSR count). The van der Waals surface area contributed by atoms with Gasteiger partial charge in [-0.15, -0.1) is 0 Å². The summed E-state index contributed by atoms with van der Waals surface area (Å²) in [5, 5.41) is 0. The SMILES string of the molecule is C[C@@H]1CN(C[C@@H]2CCOC2)C[C@@H](C)N1C[C@H]1CCOC1. The summed E-state index contributed by atoms with van der Waals surface area (Å²) in [4.78, 5) is 5.37. The lowest BCUT2D eigenvalue weighted by atomic mass is 10.0. The van der Waals surface area contributed by atoms with Crippen LogP contribution < -0.4 is 0 Å². The lowest BCUT2D eigenvalue weighted by molar-refractivity contribution is 0.0186. The molecule has 4 atom stereocenters. The van der Waals surface area contributed by atoms with Crippen LogP contribution in [-0.2, 0) is 9.47 Å². The zero-order valence-corrected chi connectivity index (χ0v) is 13.1.